The molecule has 35 heavy (non-hydrogen) atoms. The molecule has 1 aliphatic heterocycles. The van der Waals surface area contributed by atoms with Gasteiger partial charge in [0.25, 0.3) is 5.91 Å². The maximum atomic E-state index is 13.6. The van der Waals surface area contributed by atoms with Crippen molar-refractivity contribution in [2.45, 2.75) is 37.4 Å². The van der Waals surface area contributed by atoms with E-state index in [1.807, 2.05) is 18.2 Å². The summed E-state index contributed by atoms with van der Waals surface area (Å²) in [5.41, 5.74) is 2.66. The smallest absolute Gasteiger partial charge is 0.349 e. The fourth-order valence-electron chi connectivity index (χ4n) is 3.95. The molecular formula is C24H22F5N3O3. The largest absolute Gasteiger partial charge is 0.455 e. The van der Waals surface area contributed by atoms with E-state index < -0.39 is 48.8 Å². The van der Waals surface area contributed by atoms with Crippen molar-refractivity contribution in [2.75, 3.05) is 18.0 Å². The molecule has 0 unspecified atom stereocenters. The van der Waals surface area contributed by atoms with Crippen molar-refractivity contribution in [3.63, 3.8) is 0 Å². The highest BCUT2D eigenvalue weighted by atomic mass is 19.4. The van der Waals surface area contributed by atoms with E-state index in [1.54, 1.807) is 35.2 Å². The summed E-state index contributed by atoms with van der Waals surface area (Å²) in [5.74, 6) is -7.54. The van der Waals surface area contributed by atoms with E-state index >= 15 is 0 Å². The second-order valence-corrected chi connectivity index (χ2v) is 8.65. The molecule has 186 valence electrons. The molecule has 1 saturated carbocycles. The lowest BCUT2D eigenvalue weighted by Gasteiger charge is -2.26. The van der Waals surface area contributed by atoms with Gasteiger partial charge in [-0.1, -0.05) is 42.5 Å². The normalized spacial score (nSPS) is 17.8. The number of hydrogen-bond acceptors (Lipinski definition) is 3. The lowest BCUT2D eigenvalue weighted by atomic mass is 9.95. The third kappa shape index (κ3) is 5.28. The first-order chi connectivity index (χ1) is 16.5. The molecule has 1 heterocycles. The van der Waals surface area contributed by atoms with Gasteiger partial charge in [-0.05, 0) is 36.0 Å². The van der Waals surface area contributed by atoms with Gasteiger partial charge in [-0.3, -0.25) is 14.4 Å². The van der Waals surface area contributed by atoms with Crippen LogP contribution in [0, 0.1) is 5.92 Å². The van der Waals surface area contributed by atoms with E-state index in [0.29, 0.717) is 29.3 Å². The highest BCUT2D eigenvalue weighted by molar-refractivity contribution is 6.07. The fourth-order valence-corrected chi connectivity index (χ4v) is 3.95. The van der Waals surface area contributed by atoms with Crippen molar-refractivity contribution in [1.29, 1.82) is 0 Å². The van der Waals surface area contributed by atoms with Crippen molar-refractivity contribution < 1.29 is 36.3 Å². The molecule has 2 aromatic carbocycles. The summed E-state index contributed by atoms with van der Waals surface area (Å²) >= 11 is 0. The van der Waals surface area contributed by atoms with Crippen LogP contribution in [0.2, 0.25) is 0 Å². The van der Waals surface area contributed by atoms with E-state index in [0.717, 1.165) is 18.4 Å². The summed E-state index contributed by atoms with van der Waals surface area (Å²) in [4.78, 5) is 39.7. The van der Waals surface area contributed by atoms with Crippen LogP contribution in [-0.4, -0.2) is 42.9 Å². The van der Waals surface area contributed by atoms with E-state index in [2.05, 4.69) is 5.32 Å². The van der Waals surface area contributed by atoms with Crippen LogP contribution in [0.5, 0.6) is 0 Å². The van der Waals surface area contributed by atoms with Gasteiger partial charge in [-0.15, -0.1) is 0 Å². The number of rotatable bonds is 7. The first-order valence-electron chi connectivity index (χ1n) is 11.0. The predicted molar refractivity (Wildman–Crippen MR) is 116 cm³/mol. The molecule has 2 aromatic rings. The van der Waals surface area contributed by atoms with Crippen LogP contribution in [0.25, 0.3) is 11.1 Å². The zero-order valence-corrected chi connectivity index (χ0v) is 18.4. The molecule has 1 aliphatic carbocycles. The number of halogens is 5. The zero-order chi connectivity index (χ0) is 25.4. The van der Waals surface area contributed by atoms with Gasteiger partial charge in [-0.25, -0.2) is 0 Å². The summed E-state index contributed by atoms with van der Waals surface area (Å²) < 4.78 is 63.0. The van der Waals surface area contributed by atoms with Crippen LogP contribution in [0.3, 0.4) is 0 Å². The standard InChI is InChI=1S/C24H22F5N3O3/c25-23(26,24(27,28)29)13-30-19(33)11-20(34)31-21-17-7-2-1-5-15(17)16-6-3-4-8-18(16)32(22(21)35)12-14-9-10-14/h1-8,14,21H,9-13H2,(H,30,33)(H,31,34)/t21-/m0/s1. The van der Waals surface area contributed by atoms with Gasteiger partial charge in [0.2, 0.25) is 11.8 Å². The second kappa shape index (κ2) is 9.27. The number of alkyl halides is 5. The van der Waals surface area contributed by atoms with Gasteiger partial charge < -0.3 is 15.5 Å². The van der Waals surface area contributed by atoms with E-state index in [9.17, 15) is 36.3 Å². The molecule has 11 heteroatoms. The van der Waals surface area contributed by atoms with Gasteiger partial charge in [0.15, 0.2) is 0 Å². The van der Waals surface area contributed by atoms with Crippen molar-refractivity contribution >= 4 is 23.4 Å². The SMILES string of the molecule is O=C(CC(=O)N[C@@H]1C(=O)N(CC2CC2)c2ccccc2-c2ccccc21)NCC(F)(F)C(F)(F)F. The van der Waals surface area contributed by atoms with Gasteiger partial charge >= 0.3 is 12.1 Å². The number of fused-ring (bicyclic) bond motifs is 3. The molecule has 4 rings (SSSR count). The van der Waals surface area contributed by atoms with Gasteiger partial charge in [0.05, 0.1) is 12.2 Å². The molecule has 0 spiro atoms. The molecule has 0 bridgehead atoms. The number of hydrogen-bond donors (Lipinski definition) is 2. The Hall–Kier alpha value is -3.50. The number of anilines is 1. The Kier molecular flexibility index (Phi) is 6.52. The van der Waals surface area contributed by atoms with Crippen molar-refractivity contribution in [3.05, 3.63) is 54.1 Å². The molecule has 2 N–H and O–H groups in total. The average molecular weight is 495 g/mol. The molecule has 0 saturated heterocycles. The fraction of sp³-hybridized carbons (Fsp3) is 0.375. The molecule has 1 fully saturated rings. The number of para-hydroxylation sites is 1. The van der Waals surface area contributed by atoms with E-state index in [-0.39, 0.29) is 0 Å². The number of nitrogens with one attached hydrogen (secondary N) is 2. The summed E-state index contributed by atoms with van der Waals surface area (Å²) in [5, 5.41) is 3.91. The van der Waals surface area contributed by atoms with Crippen LogP contribution >= 0.6 is 0 Å². The Morgan fingerprint density at radius 3 is 2.20 bits per heavy atom. The van der Waals surface area contributed by atoms with Crippen LogP contribution in [0.4, 0.5) is 27.6 Å². The Bertz CT molecular complexity index is 1150. The molecular weight excluding hydrogens is 473 g/mol. The Labute approximate surface area is 197 Å². The second-order valence-electron chi connectivity index (χ2n) is 8.65. The van der Waals surface area contributed by atoms with Crippen LogP contribution in [0.15, 0.2) is 48.5 Å². The molecule has 6 nitrogen and oxygen atoms in total. The molecule has 3 amide bonds. The molecule has 0 aromatic heterocycles. The number of amides is 3. The maximum Gasteiger partial charge on any atom is 0.455 e. The summed E-state index contributed by atoms with van der Waals surface area (Å²) in [6.07, 6.45) is -4.91. The van der Waals surface area contributed by atoms with Crippen LogP contribution in [-0.2, 0) is 14.4 Å². The lowest BCUT2D eigenvalue weighted by molar-refractivity contribution is -0.278. The third-order valence-electron chi connectivity index (χ3n) is 5.96. The number of carbonyl (C=O) groups is 3. The monoisotopic (exact) mass is 495 g/mol. The summed E-state index contributed by atoms with van der Waals surface area (Å²) in [7, 11) is 0. The predicted octanol–water partition coefficient (Wildman–Crippen LogP) is 3.97. The van der Waals surface area contributed by atoms with Crippen LogP contribution in [0.1, 0.15) is 30.9 Å². The minimum Gasteiger partial charge on any atom is -0.349 e. The molecule has 1 atom stereocenters. The number of nitrogens with zero attached hydrogens (tertiary/aromatic N) is 1. The summed E-state index contributed by atoms with van der Waals surface area (Å²) in [6.45, 7) is -1.54. The van der Waals surface area contributed by atoms with Crippen molar-refractivity contribution in [2.24, 2.45) is 5.92 Å². The molecule has 2 aliphatic rings. The first-order valence-corrected chi connectivity index (χ1v) is 11.0. The van der Waals surface area contributed by atoms with Gasteiger partial charge in [-0.2, -0.15) is 22.0 Å². The Morgan fingerprint density at radius 1 is 0.914 bits per heavy atom. The Balaban J connectivity index is 1.54. The van der Waals surface area contributed by atoms with E-state index in [4.69, 9.17) is 0 Å². The number of carbonyl (C=O) groups excluding carboxylic acids is 3. The topological polar surface area (TPSA) is 78.5 Å². The lowest BCUT2D eigenvalue weighted by Crippen LogP contribution is -2.48. The Morgan fingerprint density at radius 2 is 1.54 bits per heavy atom. The minimum atomic E-state index is -5.83. The quantitative estimate of drug-likeness (QED) is 0.451. The van der Waals surface area contributed by atoms with Crippen molar-refractivity contribution in [3.8, 4) is 11.1 Å². The first kappa shape index (κ1) is 24.6. The van der Waals surface area contributed by atoms with Crippen molar-refractivity contribution in [1.82, 2.24) is 10.6 Å². The molecule has 0 radical (unpaired) electrons. The average Bonchev–Trinajstić information content (AvgIpc) is 3.63. The number of benzene rings is 2. The highest BCUT2D eigenvalue weighted by Gasteiger charge is 2.57. The zero-order valence-electron chi connectivity index (χ0n) is 18.4. The summed E-state index contributed by atoms with van der Waals surface area (Å²) in [6, 6.07) is 13.1. The minimum absolute atomic E-state index is 0.325. The van der Waals surface area contributed by atoms with E-state index in [1.165, 1.54) is 5.32 Å². The van der Waals surface area contributed by atoms with Crippen LogP contribution < -0.4 is 15.5 Å². The maximum absolute atomic E-state index is 13.6. The highest BCUT2D eigenvalue weighted by Crippen LogP contribution is 2.42. The van der Waals surface area contributed by atoms with Gasteiger partial charge in [0.1, 0.15) is 12.5 Å². The van der Waals surface area contributed by atoms with Gasteiger partial charge in [0, 0.05) is 12.1 Å². The third-order valence-corrected chi connectivity index (χ3v) is 5.96.